The number of benzene rings is 1. The van der Waals surface area contributed by atoms with Crippen molar-refractivity contribution >= 4 is 23.5 Å². The van der Waals surface area contributed by atoms with Crippen LogP contribution in [0.3, 0.4) is 0 Å². The fourth-order valence-electron chi connectivity index (χ4n) is 1.85. The van der Waals surface area contributed by atoms with E-state index in [1.165, 1.54) is 0 Å². The lowest BCUT2D eigenvalue weighted by Crippen LogP contribution is -2.40. The second-order valence-electron chi connectivity index (χ2n) is 5.82. The van der Waals surface area contributed by atoms with Gasteiger partial charge in [-0.2, -0.15) is 5.10 Å². The molecule has 7 heteroatoms. The molecule has 0 radical (unpaired) electrons. The van der Waals surface area contributed by atoms with Crippen LogP contribution in [0, 0.1) is 5.92 Å². The molecule has 0 spiro atoms. The molecule has 0 amide bonds. The van der Waals surface area contributed by atoms with Gasteiger partial charge in [0.05, 0.1) is 26.5 Å². The number of hydrazone groups is 1. The summed E-state index contributed by atoms with van der Waals surface area (Å²) in [5, 5.41) is 7.63. The number of ether oxygens (including phenoxy) is 3. The van der Waals surface area contributed by atoms with E-state index in [9.17, 15) is 0 Å². The van der Waals surface area contributed by atoms with Crippen LogP contribution in [-0.4, -0.2) is 44.8 Å². The highest BCUT2D eigenvalue weighted by atomic mass is 32.1. The van der Waals surface area contributed by atoms with Gasteiger partial charge in [0.2, 0.25) is 0 Å². The quantitative estimate of drug-likeness (QED) is 0.404. The Morgan fingerprint density at radius 1 is 1.21 bits per heavy atom. The zero-order valence-corrected chi connectivity index (χ0v) is 15.8. The highest BCUT2D eigenvalue weighted by molar-refractivity contribution is 7.80. The SMILES string of the molecule is COC[C@@H](C)NC(=S)N/N=C\c1ccc(OCC(C)C)c(OC)c1. The zero-order chi connectivity index (χ0) is 17.9. The predicted octanol–water partition coefficient (Wildman–Crippen LogP) is 2.56. The Balaban J connectivity index is 2.59. The predicted molar refractivity (Wildman–Crippen MR) is 101 cm³/mol. The maximum Gasteiger partial charge on any atom is 0.187 e. The number of hydrogen-bond acceptors (Lipinski definition) is 5. The molecule has 134 valence electrons. The average molecular weight is 353 g/mol. The second kappa shape index (κ2) is 10.8. The molecule has 6 nitrogen and oxygen atoms in total. The second-order valence-corrected chi connectivity index (χ2v) is 6.22. The molecule has 0 aliphatic heterocycles. The molecule has 0 fully saturated rings. The first-order valence-corrected chi connectivity index (χ1v) is 8.26. The number of nitrogens with one attached hydrogen (secondary N) is 2. The van der Waals surface area contributed by atoms with Gasteiger partial charge in [0.1, 0.15) is 0 Å². The van der Waals surface area contributed by atoms with E-state index in [-0.39, 0.29) is 6.04 Å². The van der Waals surface area contributed by atoms with Gasteiger partial charge >= 0.3 is 0 Å². The fraction of sp³-hybridized carbons (Fsp3) is 0.529. The van der Waals surface area contributed by atoms with Crippen molar-refractivity contribution < 1.29 is 14.2 Å². The molecule has 24 heavy (non-hydrogen) atoms. The van der Waals surface area contributed by atoms with Gasteiger partial charge in [0, 0.05) is 13.2 Å². The number of thiocarbonyl (C=S) groups is 1. The minimum absolute atomic E-state index is 0.114. The van der Waals surface area contributed by atoms with Crippen LogP contribution in [0.1, 0.15) is 26.3 Å². The van der Waals surface area contributed by atoms with Crippen LogP contribution in [0.15, 0.2) is 23.3 Å². The first kappa shape index (κ1) is 20.2. The summed E-state index contributed by atoms with van der Waals surface area (Å²) in [6.07, 6.45) is 1.67. The van der Waals surface area contributed by atoms with Crippen LogP contribution in [0.2, 0.25) is 0 Å². The monoisotopic (exact) mass is 353 g/mol. The maximum atomic E-state index is 5.73. The summed E-state index contributed by atoms with van der Waals surface area (Å²) >= 11 is 5.15. The molecular formula is C17H27N3O3S. The van der Waals surface area contributed by atoms with E-state index in [1.807, 2.05) is 25.1 Å². The van der Waals surface area contributed by atoms with Crippen LogP contribution in [0.5, 0.6) is 11.5 Å². The standard InChI is InChI=1S/C17H27N3O3S/c1-12(2)10-23-15-7-6-14(8-16(15)22-5)9-18-20-17(24)19-13(3)11-21-4/h6-9,12-13H,10-11H2,1-5H3,(H2,19,20,24)/b18-9-/t13-/m1/s1. The van der Waals surface area contributed by atoms with Crippen LogP contribution in [-0.2, 0) is 4.74 Å². The Kier molecular flexibility index (Phi) is 9.11. The highest BCUT2D eigenvalue weighted by Crippen LogP contribution is 2.27. The van der Waals surface area contributed by atoms with Gasteiger partial charge in [-0.25, -0.2) is 0 Å². The molecule has 0 aromatic heterocycles. The summed E-state index contributed by atoms with van der Waals surface area (Å²) in [6, 6.07) is 5.76. The van der Waals surface area contributed by atoms with Gasteiger partial charge < -0.3 is 19.5 Å². The molecular weight excluding hydrogens is 326 g/mol. The first-order valence-electron chi connectivity index (χ1n) is 7.85. The minimum atomic E-state index is 0.114. The van der Waals surface area contributed by atoms with Crippen LogP contribution in [0.4, 0.5) is 0 Å². The molecule has 1 aromatic carbocycles. The van der Waals surface area contributed by atoms with Crippen molar-refractivity contribution in [1.82, 2.24) is 10.7 Å². The van der Waals surface area contributed by atoms with E-state index in [4.69, 9.17) is 26.4 Å². The number of nitrogens with zero attached hydrogens (tertiary/aromatic N) is 1. The van der Waals surface area contributed by atoms with Crippen LogP contribution in [0.25, 0.3) is 0 Å². The molecule has 2 N–H and O–H groups in total. The lowest BCUT2D eigenvalue weighted by Gasteiger charge is -2.14. The van der Waals surface area contributed by atoms with Crippen molar-refractivity contribution in [3.8, 4) is 11.5 Å². The van der Waals surface area contributed by atoms with E-state index in [0.29, 0.717) is 30.0 Å². The van der Waals surface area contributed by atoms with Gasteiger partial charge in [-0.05, 0) is 48.8 Å². The Morgan fingerprint density at radius 3 is 2.58 bits per heavy atom. The Hall–Kier alpha value is -1.86. The Bertz CT molecular complexity index is 550. The van der Waals surface area contributed by atoms with Crippen LogP contribution >= 0.6 is 12.2 Å². The summed E-state index contributed by atoms with van der Waals surface area (Å²) in [7, 11) is 3.27. The van der Waals surface area contributed by atoms with Crippen molar-refractivity contribution in [3.05, 3.63) is 23.8 Å². The fourth-order valence-corrected chi connectivity index (χ4v) is 2.11. The molecule has 1 aromatic rings. The molecule has 0 aliphatic carbocycles. The number of hydrogen-bond donors (Lipinski definition) is 2. The third-order valence-electron chi connectivity index (χ3n) is 2.93. The molecule has 1 rings (SSSR count). The first-order chi connectivity index (χ1) is 11.5. The van der Waals surface area contributed by atoms with Gasteiger partial charge in [0.25, 0.3) is 0 Å². The third kappa shape index (κ3) is 7.61. The Labute approximate surface area is 149 Å². The molecule has 0 heterocycles. The molecule has 1 atom stereocenters. The zero-order valence-electron chi connectivity index (χ0n) is 15.0. The highest BCUT2D eigenvalue weighted by Gasteiger charge is 2.06. The molecule has 0 saturated heterocycles. The van der Waals surface area contributed by atoms with Crippen molar-refractivity contribution in [2.75, 3.05) is 27.4 Å². The molecule has 0 aliphatic rings. The summed E-state index contributed by atoms with van der Waals surface area (Å²) in [6.45, 7) is 7.39. The summed E-state index contributed by atoms with van der Waals surface area (Å²) in [5.41, 5.74) is 3.65. The summed E-state index contributed by atoms with van der Waals surface area (Å²) in [5.74, 6) is 1.85. The largest absolute Gasteiger partial charge is 0.493 e. The smallest absolute Gasteiger partial charge is 0.187 e. The topological polar surface area (TPSA) is 64.1 Å². The lowest BCUT2D eigenvalue weighted by molar-refractivity contribution is 0.179. The van der Waals surface area contributed by atoms with Gasteiger partial charge in [-0.3, -0.25) is 5.43 Å². The van der Waals surface area contributed by atoms with Crippen LogP contribution < -0.4 is 20.2 Å². The average Bonchev–Trinajstić information content (AvgIpc) is 2.53. The van der Waals surface area contributed by atoms with E-state index < -0.39 is 0 Å². The van der Waals surface area contributed by atoms with Gasteiger partial charge in [-0.1, -0.05) is 13.8 Å². The van der Waals surface area contributed by atoms with E-state index in [2.05, 4.69) is 29.7 Å². The minimum Gasteiger partial charge on any atom is -0.493 e. The van der Waals surface area contributed by atoms with Gasteiger partial charge in [-0.15, -0.1) is 0 Å². The Morgan fingerprint density at radius 2 is 1.96 bits per heavy atom. The van der Waals surface area contributed by atoms with Gasteiger partial charge in [0.15, 0.2) is 16.6 Å². The third-order valence-corrected chi connectivity index (χ3v) is 3.14. The van der Waals surface area contributed by atoms with E-state index in [0.717, 1.165) is 11.3 Å². The molecule has 0 unspecified atom stereocenters. The van der Waals surface area contributed by atoms with E-state index in [1.54, 1.807) is 20.4 Å². The van der Waals surface area contributed by atoms with Crippen molar-refractivity contribution in [2.45, 2.75) is 26.8 Å². The number of rotatable bonds is 9. The normalized spacial score (nSPS) is 12.2. The van der Waals surface area contributed by atoms with E-state index >= 15 is 0 Å². The van der Waals surface area contributed by atoms with Crippen molar-refractivity contribution in [3.63, 3.8) is 0 Å². The summed E-state index contributed by atoms with van der Waals surface area (Å²) in [4.78, 5) is 0. The maximum absolute atomic E-state index is 5.73. The van der Waals surface area contributed by atoms with Crippen molar-refractivity contribution in [2.24, 2.45) is 11.0 Å². The summed E-state index contributed by atoms with van der Waals surface area (Å²) < 4.78 is 16.1. The lowest BCUT2D eigenvalue weighted by atomic mass is 10.2. The molecule has 0 bridgehead atoms. The van der Waals surface area contributed by atoms with Crippen molar-refractivity contribution in [1.29, 1.82) is 0 Å². The number of methoxy groups -OCH3 is 2. The molecule has 0 saturated carbocycles.